The molecule has 0 bridgehead atoms. The van der Waals surface area contributed by atoms with Crippen LogP contribution < -0.4 is 9.46 Å². The molecule has 9 heteroatoms. The van der Waals surface area contributed by atoms with E-state index in [2.05, 4.69) is 4.72 Å². The Morgan fingerprint density at radius 1 is 1.03 bits per heavy atom. The van der Waals surface area contributed by atoms with Gasteiger partial charge in [0.1, 0.15) is 11.6 Å². The summed E-state index contributed by atoms with van der Waals surface area (Å²) in [5, 5.41) is 11.3. The van der Waals surface area contributed by atoms with Gasteiger partial charge in [0, 0.05) is 17.3 Å². The number of para-hydroxylation sites is 1. The Balaban J connectivity index is 2.09. The number of methoxy groups -OCH3 is 1. The minimum absolute atomic E-state index is 0.181. The lowest BCUT2D eigenvalue weighted by atomic mass is 9.84. The third-order valence-corrected chi connectivity index (χ3v) is 6.32. The molecule has 7 nitrogen and oxygen atoms in total. The molecule has 1 N–H and O–H groups in total. The van der Waals surface area contributed by atoms with Crippen LogP contribution in [0, 0.1) is 21.3 Å². The van der Waals surface area contributed by atoms with Crippen molar-refractivity contribution in [1.82, 2.24) is 0 Å². The van der Waals surface area contributed by atoms with Gasteiger partial charge < -0.3 is 4.74 Å². The van der Waals surface area contributed by atoms with Gasteiger partial charge in [0.05, 0.1) is 12.0 Å². The second kappa shape index (κ2) is 9.19. The van der Waals surface area contributed by atoms with E-state index in [1.165, 1.54) is 43.5 Å². The number of hydrogen-bond acceptors (Lipinski definition) is 5. The minimum Gasteiger partial charge on any atom is -0.497 e. The van der Waals surface area contributed by atoms with Crippen molar-refractivity contribution in [2.24, 2.45) is 5.41 Å². The monoisotopic (exact) mass is 472 g/mol. The summed E-state index contributed by atoms with van der Waals surface area (Å²) >= 11 is 0. The number of nitrogens with zero attached hydrogens (tertiary/aromatic N) is 1. The van der Waals surface area contributed by atoms with Gasteiger partial charge in [-0.1, -0.05) is 39.0 Å². The second-order valence-electron chi connectivity index (χ2n) is 8.79. The van der Waals surface area contributed by atoms with Gasteiger partial charge in [-0.05, 0) is 59.4 Å². The average molecular weight is 473 g/mol. The molecule has 174 valence electrons. The number of nitrogens with one attached hydrogen (secondary N) is 1. The van der Waals surface area contributed by atoms with Crippen LogP contribution in [0.2, 0.25) is 0 Å². The first-order valence-corrected chi connectivity index (χ1v) is 11.6. The van der Waals surface area contributed by atoms with Crippen molar-refractivity contribution in [3.63, 3.8) is 0 Å². The maximum Gasteiger partial charge on any atom is 0.289 e. The quantitative estimate of drug-likeness (QED) is 0.346. The summed E-state index contributed by atoms with van der Waals surface area (Å²) < 4.78 is 48.2. The summed E-state index contributed by atoms with van der Waals surface area (Å²) in [6.45, 7) is 6.05. The molecule has 0 saturated heterocycles. The first-order chi connectivity index (χ1) is 15.4. The summed E-state index contributed by atoms with van der Waals surface area (Å²) in [5.41, 5.74) is 1.18. The second-order valence-corrected chi connectivity index (χ2v) is 10.4. The Labute approximate surface area is 192 Å². The van der Waals surface area contributed by atoms with Gasteiger partial charge in [0.15, 0.2) is 4.90 Å². The molecular formula is C24H25FN2O5S. The van der Waals surface area contributed by atoms with Gasteiger partial charge in [-0.15, -0.1) is 0 Å². The number of ether oxygens (including phenoxy) is 1. The van der Waals surface area contributed by atoms with Crippen molar-refractivity contribution in [2.75, 3.05) is 11.8 Å². The lowest BCUT2D eigenvalue weighted by Gasteiger charge is -2.22. The van der Waals surface area contributed by atoms with Crippen LogP contribution in [0.5, 0.6) is 5.75 Å². The fraction of sp³-hybridized carbons (Fsp3) is 0.250. The van der Waals surface area contributed by atoms with E-state index in [0.717, 1.165) is 11.6 Å². The van der Waals surface area contributed by atoms with Crippen LogP contribution in [-0.4, -0.2) is 20.5 Å². The molecule has 0 unspecified atom stereocenters. The molecule has 3 aromatic carbocycles. The zero-order chi connectivity index (χ0) is 24.4. The summed E-state index contributed by atoms with van der Waals surface area (Å²) in [6, 6.07) is 14.3. The van der Waals surface area contributed by atoms with E-state index in [1.54, 1.807) is 18.2 Å². The third-order valence-electron chi connectivity index (χ3n) is 4.89. The highest BCUT2D eigenvalue weighted by Crippen LogP contribution is 2.35. The van der Waals surface area contributed by atoms with Crippen molar-refractivity contribution >= 4 is 21.4 Å². The zero-order valence-electron chi connectivity index (χ0n) is 18.8. The van der Waals surface area contributed by atoms with Crippen LogP contribution in [0.1, 0.15) is 26.3 Å². The number of hydrogen-bond donors (Lipinski definition) is 1. The predicted octanol–water partition coefficient (Wildman–Crippen LogP) is 5.80. The molecule has 0 fully saturated rings. The van der Waals surface area contributed by atoms with Crippen LogP contribution in [0.4, 0.5) is 15.8 Å². The van der Waals surface area contributed by atoms with Gasteiger partial charge in [-0.25, -0.2) is 12.8 Å². The maximum atomic E-state index is 14.7. The van der Waals surface area contributed by atoms with E-state index in [4.69, 9.17) is 4.74 Å². The molecule has 0 aliphatic rings. The Morgan fingerprint density at radius 2 is 1.73 bits per heavy atom. The lowest BCUT2D eigenvalue weighted by Crippen LogP contribution is -2.16. The highest BCUT2D eigenvalue weighted by Gasteiger charge is 2.26. The summed E-state index contributed by atoms with van der Waals surface area (Å²) in [6.07, 6.45) is 0.528. The van der Waals surface area contributed by atoms with Crippen molar-refractivity contribution in [2.45, 2.75) is 32.1 Å². The molecule has 0 aliphatic carbocycles. The number of halogens is 1. The fourth-order valence-electron chi connectivity index (χ4n) is 3.52. The Kier molecular flexibility index (Phi) is 6.73. The molecule has 3 rings (SSSR count). The standard InChI is InChI=1S/C24H25FN2O5S/c1-24(2,3)15-16-13-17(9-11-19(16)20-14-18(32-4)10-12-21(20)25)26-33(30,31)23-8-6-5-7-22(23)27(28)29/h5-14,26H,15H2,1-4H3. The van der Waals surface area contributed by atoms with E-state index in [9.17, 15) is 22.9 Å². The summed E-state index contributed by atoms with van der Waals surface area (Å²) in [4.78, 5) is 10.1. The number of anilines is 1. The molecule has 33 heavy (non-hydrogen) atoms. The molecule has 0 radical (unpaired) electrons. The first kappa shape index (κ1) is 24.2. The number of nitro benzene ring substituents is 1. The zero-order valence-corrected chi connectivity index (χ0v) is 19.6. The molecule has 0 heterocycles. The van der Waals surface area contributed by atoms with Gasteiger partial charge in [-0.2, -0.15) is 0 Å². The number of benzene rings is 3. The average Bonchev–Trinajstić information content (AvgIpc) is 2.73. The first-order valence-electron chi connectivity index (χ1n) is 10.1. The molecule has 0 atom stereocenters. The summed E-state index contributed by atoms with van der Waals surface area (Å²) in [7, 11) is -2.74. The Morgan fingerprint density at radius 3 is 2.36 bits per heavy atom. The van der Waals surface area contributed by atoms with Crippen LogP contribution in [0.15, 0.2) is 65.6 Å². The number of rotatable bonds is 7. The third kappa shape index (κ3) is 5.67. The van der Waals surface area contributed by atoms with Gasteiger partial charge in [0.2, 0.25) is 0 Å². The molecule has 3 aromatic rings. The fourth-order valence-corrected chi connectivity index (χ4v) is 4.74. The van der Waals surface area contributed by atoms with Gasteiger partial charge in [-0.3, -0.25) is 14.8 Å². The van der Waals surface area contributed by atoms with E-state index in [-0.39, 0.29) is 11.1 Å². The van der Waals surface area contributed by atoms with Crippen LogP contribution in [0.25, 0.3) is 11.1 Å². The molecule has 0 aromatic heterocycles. The normalized spacial score (nSPS) is 11.8. The van der Waals surface area contributed by atoms with Crippen molar-refractivity contribution in [3.05, 3.63) is 82.2 Å². The van der Waals surface area contributed by atoms with Crippen molar-refractivity contribution < 1.29 is 22.5 Å². The maximum absolute atomic E-state index is 14.7. The number of sulfonamides is 1. The van der Waals surface area contributed by atoms with Crippen molar-refractivity contribution in [1.29, 1.82) is 0 Å². The SMILES string of the molecule is COc1ccc(F)c(-c2ccc(NS(=O)(=O)c3ccccc3[N+](=O)[O-])cc2CC(C)(C)C)c1. The van der Waals surface area contributed by atoms with Crippen LogP contribution >= 0.6 is 0 Å². The lowest BCUT2D eigenvalue weighted by molar-refractivity contribution is -0.387. The topological polar surface area (TPSA) is 98.5 Å². The van der Waals surface area contributed by atoms with E-state index in [1.807, 2.05) is 20.8 Å². The van der Waals surface area contributed by atoms with E-state index in [0.29, 0.717) is 23.3 Å². The molecule has 0 amide bonds. The Hall–Kier alpha value is -3.46. The molecular weight excluding hydrogens is 447 g/mol. The van der Waals surface area contributed by atoms with E-state index >= 15 is 0 Å². The minimum atomic E-state index is -4.23. The van der Waals surface area contributed by atoms with Crippen molar-refractivity contribution in [3.8, 4) is 16.9 Å². The number of nitro groups is 1. The smallest absolute Gasteiger partial charge is 0.289 e. The van der Waals surface area contributed by atoms with Gasteiger partial charge >= 0.3 is 0 Å². The Bertz CT molecular complexity index is 1300. The van der Waals surface area contributed by atoms with E-state index < -0.39 is 31.3 Å². The van der Waals surface area contributed by atoms with Crippen LogP contribution in [-0.2, 0) is 16.4 Å². The van der Waals surface area contributed by atoms with Gasteiger partial charge in [0.25, 0.3) is 15.7 Å². The molecule has 0 saturated carbocycles. The molecule has 0 aliphatic heterocycles. The highest BCUT2D eigenvalue weighted by atomic mass is 32.2. The largest absolute Gasteiger partial charge is 0.497 e. The highest BCUT2D eigenvalue weighted by molar-refractivity contribution is 7.92. The molecule has 0 spiro atoms. The van der Waals surface area contributed by atoms with Crippen LogP contribution in [0.3, 0.4) is 0 Å². The summed E-state index contributed by atoms with van der Waals surface area (Å²) in [5.74, 6) is 0.0634. The predicted molar refractivity (Wildman–Crippen MR) is 125 cm³/mol.